The van der Waals surface area contributed by atoms with Crippen molar-refractivity contribution in [3.05, 3.63) is 77.9 Å². The van der Waals surface area contributed by atoms with Gasteiger partial charge in [-0.3, -0.25) is 14.3 Å². The number of fused-ring (bicyclic) bond motifs is 1. The van der Waals surface area contributed by atoms with E-state index in [1.807, 2.05) is 4.68 Å². The maximum absolute atomic E-state index is 13.3. The van der Waals surface area contributed by atoms with Crippen molar-refractivity contribution < 1.29 is 14.0 Å². The predicted octanol–water partition coefficient (Wildman–Crippen LogP) is 4.47. The van der Waals surface area contributed by atoms with E-state index in [9.17, 15) is 14.0 Å². The number of likely N-dealkylation sites (tertiary alicyclic amines) is 1. The molecule has 1 atom stereocenters. The molecule has 3 N–H and O–H groups in total. The predicted molar refractivity (Wildman–Crippen MR) is 140 cm³/mol. The van der Waals surface area contributed by atoms with Crippen LogP contribution in [0.15, 0.2) is 61.3 Å². The molecule has 4 heterocycles. The van der Waals surface area contributed by atoms with Crippen LogP contribution in [-0.4, -0.2) is 49.6 Å². The first kappa shape index (κ1) is 24.4. The van der Waals surface area contributed by atoms with Gasteiger partial charge in [0.05, 0.1) is 28.2 Å². The average molecular weight is 520 g/mol. The van der Waals surface area contributed by atoms with E-state index < -0.39 is 11.9 Å². The molecule has 188 valence electrons. The summed E-state index contributed by atoms with van der Waals surface area (Å²) in [5.74, 6) is -0.858. The topological polar surface area (TPSA) is 119 Å². The van der Waals surface area contributed by atoms with Gasteiger partial charge in [0, 0.05) is 24.2 Å². The second kappa shape index (κ2) is 9.98. The molecule has 9 nitrogen and oxygen atoms in total. The van der Waals surface area contributed by atoms with Gasteiger partial charge in [-0.2, -0.15) is 9.49 Å². The highest BCUT2D eigenvalue weighted by molar-refractivity contribution is 6.35. The first-order chi connectivity index (χ1) is 17.9. The molecule has 37 heavy (non-hydrogen) atoms. The van der Waals surface area contributed by atoms with Crippen molar-refractivity contribution in [1.29, 1.82) is 0 Å². The number of nitrogens with zero attached hydrogens (tertiary/aromatic N) is 5. The molecular weight excluding hydrogens is 497 g/mol. The molecular formula is C26H23ClFN7O2. The lowest BCUT2D eigenvalue weighted by Crippen LogP contribution is -2.40. The van der Waals surface area contributed by atoms with E-state index in [1.165, 1.54) is 30.5 Å². The molecule has 0 bridgehead atoms. The number of benzene rings is 1. The molecule has 3 aromatic heterocycles. The third-order valence-corrected chi connectivity index (χ3v) is 6.59. The molecule has 4 aromatic rings. The van der Waals surface area contributed by atoms with Gasteiger partial charge in [-0.25, -0.2) is 9.97 Å². The molecule has 11 heteroatoms. The summed E-state index contributed by atoms with van der Waals surface area (Å²) < 4.78 is 15.2. The highest BCUT2D eigenvalue weighted by atomic mass is 35.5. The maximum Gasteiger partial charge on any atom is 0.256 e. The minimum Gasteiger partial charge on any atom is -0.383 e. The Hall–Kier alpha value is -4.31. The lowest BCUT2D eigenvalue weighted by Gasteiger charge is -2.32. The molecule has 0 saturated carbocycles. The van der Waals surface area contributed by atoms with Crippen LogP contribution in [0, 0.1) is 5.95 Å². The van der Waals surface area contributed by atoms with Gasteiger partial charge in [0.25, 0.3) is 5.91 Å². The number of nitrogens with one attached hydrogen (secondary N) is 1. The van der Waals surface area contributed by atoms with E-state index in [1.54, 1.807) is 29.2 Å². The largest absolute Gasteiger partial charge is 0.383 e. The van der Waals surface area contributed by atoms with Crippen LogP contribution in [0.5, 0.6) is 0 Å². The van der Waals surface area contributed by atoms with Gasteiger partial charge in [0.2, 0.25) is 11.9 Å². The summed E-state index contributed by atoms with van der Waals surface area (Å²) in [7, 11) is 0. The van der Waals surface area contributed by atoms with Crippen LogP contribution in [0.25, 0.3) is 22.2 Å². The van der Waals surface area contributed by atoms with E-state index in [4.69, 9.17) is 22.4 Å². The fourth-order valence-corrected chi connectivity index (χ4v) is 4.78. The Morgan fingerprint density at radius 2 is 2.00 bits per heavy atom. The molecule has 1 fully saturated rings. The van der Waals surface area contributed by atoms with Crippen molar-refractivity contribution in [2.75, 3.05) is 24.1 Å². The number of anilines is 2. The second-order valence-electron chi connectivity index (χ2n) is 8.67. The zero-order valence-corrected chi connectivity index (χ0v) is 20.5. The zero-order valence-electron chi connectivity index (χ0n) is 19.7. The Kier molecular flexibility index (Phi) is 6.58. The van der Waals surface area contributed by atoms with Gasteiger partial charge in [-0.05, 0) is 43.2 Å². The molecule has 1 aliphatic heterocycles. The number of nitrogen functional groups attached to an aromatic ring is 1. The molecule has 0 spiro atoms. The van der Waals surface area contributed by atoms with Gasteiger partial charge < -0.3 is 16.0 Å². The lowest BCUT2D eigenvalue weighted by atomic mass is 10.0. The van der Waals surface area contributed by atoms with Gasteiger partial charge >= 0.3 is 0 Å². The minimum absolute atomic E-state index is 0.114. The Bertz CT molecular complexity index is 1520. The first-order valence-corrected chi connectivity index (χ1v) is 12.0. The van der Waals surface area contributed by atoms with Crippen LogP contribution in [0.4, 0.5) is 16.0 Å². The summed E-state index contributed by atoms with van der Waals surface area (Å²) in [4.78, 5) is 34.5. The number of carbonyl (C=O) groups excluding carboxylic acids is 2. The van der Waals surface area contributed by atoms with Crippen molar-refractivity contribution in [2.45, 2.75) is 18.9 Å². The Labute approximate surface area is 216 Å². The fourth-order valence-electron chi connectivity index (χ4n) is 4.55. The number of amides is 2. The standard InChI is InChI=1S/C26H23ClFN7O2/c1-2-21(36)34-12-4-5-17(14-34)35-24-18(27)13-30-25(29)22(24)23(33-35)15-8-10-16(11-9-15)26(37)32-20-7-3-6-19(28)31-20/h2-3,6-11,13,17H,1,4-5,12,14H2,(H2,29,30)(H,31,32,37)/t17-/m1/s1. The molecule has 1 aromatic carbocycles. The monoisotopic (exact) mass is 519 g/mol. The quantitative estimate of drug-likeness (QED) is 0.296. The summed E-state index contributed by atoms with van der Waals surface area (Å²) >= 11 is 6.57. The first-order valence-electron chi connectivity index (χ1n) is 11.6. The highest BCUT2D eigenvalue weighted by Crippen LogP contribution is 2.38. The van der Waals surface area contributed by atoms with Gasteiger partial charge in [0.1, 0.15) is 17.3 Å². The van der Waals surface area contributed by atoms with Crippen molar-refractivity contribution >= 4 is 46.0 Å². The van der Waals surface area contributed by atoms with E-state index in [0.29, 0.717) is 45.8 Å². The smallest absolute Gasteiger partial charge is 0.256 e. The number of nitrogens with two attached hydrogens (primary N) is 1. The number of pyridine rings is 2. The van der Waals surface area contributed by atoms with Crippen LogP contribution in [0.3, 0.4) is 0 Å². The van der Waals surface area contributed by atoms with Crippen LogP contribution >= 0.6 is 11.6 Å². The summed E-state index contributed by atoms with van der Waals surface area (Å²) in [6.45, 7) is 4.71. The molecule has 0 unspecified atom stereocenters. The molecule has 2 amide bonds. The number of hydrogen-bond donors (Lipinski definition) is 2. The number of hydrogen-bond acceptors (Lipinski definition) is 6. The van der Waals surface area contributed by atoms with E-state index in [0.717, 1.165) is 12.8 Å². The fraction of sp³-hybridized carbons (Fsp3) is 0.192. The minimum atomic E-state index is -0.685. The summed E-state index contributed by atoms with van der Waals surface area (Å²) in [5.41, 5.74) is 8.54. The van der Waals surface area contributed by atoms with Gasteiger partial charge in [-0.15, -0.1) is 0 Å². The number of piperidine rings is 1. The lowest BCUT2D eigenvalue weighted by molar-refractivity contribution is -0.127. The SMILES string of the molecule is C=CC(=O)N1CCC[C@@H](n2nc(-c3ccc(C(=O)Nc4cccc(F)n4)cc3)c3c(N)ncc(Cl)c32)C1. The van der Waals surface area contributed by atoms with Crippen LogP contribution in [0.1, 0.15) is 29.2 Å². The normalized spacial score (nSPS) is 15.5. The molecule has 0 aliphatic carbocycles. The highest BCUT2D eigenvalue weighted by Gasteiger charge is 2.28. The summed E-state index contributed by atoms with van der Waals surface area (Å²) in [5, 5.41) is 8.44. The third-order valence-electron chi connectivity index (χ3n) is 6.32. The van der Waals surface area contributed by atoms with E-state index in [-0.39, 0.29) is 23.6 Å². The van der Waals surface area contributed by atoms with Gasteiger partial charge in [-0.1, -0.05) is 36.4 Å². The Balaban J connectivity index is 1.50. The summed E-state index contributed by atoms with van der Waals surface area (Å²) in [6, 6.07) is 10.8. The van der Waals surface area contributed by atoms with Crippen LogP contribution in [0.2, 0.25) is 5.02 Å². The van der Waals surface area contributed by atoms with Crippen molar-refractivity contribution in [1.82, 2.24) is 24.6 Å². The average Bonchev–Trinajstić information content (AvgIpc) is 3.33. The molecule has 1 aliphatic rings. The van der Waals surface area contributed by atoms with Crippen molar-refractivity contribution in [3.63, 3.8) is 0 Å². The van der Waals surface area contributed by atoms with Crippen molar-refractivity contribution in [3.8, 4) is 11.3 Å². The van der Waals surface area contributed by atoms with Crippen molar-refractivity contribution in [2.24, 2.45) is 0 Å². The van der Waals surface area contributed by atoms with Crippen LogP contribution < -0.4 is 11.1 Å². The second-order valence-corrected chi connectivity index (χ2v) is 9.08. The summed E-state index contributed by atoms with van der Waals surface area (Å²) in [6.07, 6.45) is 4.42. The third kappa shape index (κ3) is 4.75. The number of halogens is 2. The van der Waals surface area contributed by atoms with Gasteiger partial charge in [0.15, 0.2) is 0 Å². The number of rotatable bonds is 5. The number of aromatic nitrogens is 4. The molecule has 5 rings (SSSR count). The van der Waals surface area contributed by atoms with Crippen LogP contribution in [-0.2, 0) is 4.79 Å². The Morgan fingerprint density at radius 1 is 1.22 bits per heavy atom. The van der Waals surface area contributed by atoms with E-state index >= 15 is 0 Å². The molecule has 0 radical (unpaired) electrons. The zero-order chi connectivity index (χ0) is 26.1. The molecule has 1 saturated heterocycles. The Morgan fingerprint density at radius 3 is 2.73 bits per heavy atom. The number of carbonyl (C=O) groups is 2. The maximum atomic E-state index is 13.3. The van der Waals surface area contributed by atoms with E-state index in [2.05, 4.69) is 21.9 Å².